The molecule has 0 saturated heterocycles. The lowest BCUT2D eigenvalue weighted by Gasteiger charge is -2.32. The maximum atomic E-state index is 12.7. The van der Waals surface area contributed by atoms with Gasteiger partial charge < -0.3 is 0 Å². The normalized spacial score (nSPS) is 12.6. The standard InChI is InChI=1S/C22H21BrOP/c1-2-21(22(23)24)25(18-12-6-3-7-13-18,19-14-8-4-9-15-19)20-16-10-5-11-17-20/h3-17,21H,2H2,1H3/q+1. The van der Waals surface area contributed by atoms with Crippen molar-refractivity contribution in [1.29, 1.82) is 0 Å². The molecule has 0 fully saturated rings. The molecule has 25 heavy (non-hydrogen) atoms. The molecule has 0 radical (unpaired) electrons. The van der Waals surface area contributed by atoms with E-state index >= 15 is 0 Å². The van der Waals surface area contributed by atoms with Crippen molar-refractivity contribution in [3.8, 4) is 0 Å². The van der Waals surface area contributed by atoms with E-state index in [0.29, 0.717) is 0 Å². The van der Waals surface area contributed by atoms with E-state index in [1.54, 1.807) is 0 Å². The van der Waals surface area contributed by atoms with Crippen LogP contribution in [0.2, 0.25) is 0 Å². The number of carbonyl (C=O) groups excluding carboxylic acids is 1. The SMILES string of the molecule is CCC(C(=O)Br)[P+](c1ccccc1)(c1ccccc1)c1ccccc1. The number of rotatable bonds is 6. The summed E-state index contributed by atoms with van der Waals surface area (Å²) < 4.78 is 0.0832. The molecule has 0 aliphatic rings. The average molecular weight is 412 g/mol. The Hall–Kier alpha value is -1.76. The Labute approximate surface area is 158 Å². The van der Waals surface area contributed by atoms with E-state index in [4.69, 9.17) is 0 Å². The van der Waals surface area contributed by atoms with Crippen molar-refractivity contribution in [3.63, 3.8) is 0 Å². The van der Waals surface area contributed by atoms with Crippen molar-refractivity contribution in [2.45, 2.75) is 19.0 Å². The number of hydrogen-bond donors (Lipinski definition) is 0. The summed E-state index contributed by atoms with van der Waals surface area (Å²) in [4.78, 5) is 12.7. The van der Waals surface area contributed by atoms with Gasteiger partial charge in [0.25, 0.3) is 0 Å². The molecule has 1 atom stereocenters. The minimum atomic E-state index is -2.12. The lowest BCUT2D eigenvalue weighted by atomic mass is 10.3. The van der Waals surface area contributed by atoms with Gasteiger partial charge in [-0.1, -0.05) is 61.5 Å². The average Bonchev–Trinajstić information content (AvgIpc) is 2.68. The van der Waals surface area contributed by atoms with Gasteiger partial charge >= 0.3 is 0 Å². The van der Waals surface area contributed by atoms with Gasteiger partial charge in [0.05, 0.1) is 0 Å². The predicted molar refractivity (Wildman–Crippen MR) is 113 cm³/mol. The van der Waals surface area contributed by atoms with Crippen LogP contribution in [0, 0.1) is 0 Å². The molecule has 0 bridgehead atoms. The van der Waals surface area contributed by atoms with Crippen molar-refractivity contribution in [2.24, 2.45) is 0 Å². The molecule has 0 spiro atoms. The topological polar surface area (TPSA) is 17.1 Å². The van der Waals surface area contributed by atoms with Crippen LogP contribution in [0.15, 0.2) is 91.0 Å². The van der Waals surface area contributed by atoms with E-state index in [-0.39, 0.29) is 10.4 Å². The molecule has 126 valence electrons. The fraction of sp³-hybridized carbons (Fsp3) is 0.136. The lowest BCUT2D eigenvalue weighted by Crippen LogP contribution is -2.40. The molecule has 0 aliphatic carbocycles. The minimum absolute atomic E-state index is 0.0832. The van der Waals surface area contributed by atoms with Crippen LogP contribution in [0.5, 0.6) is 0 Å². The zero-order valence-electron chi connectivity index (χ0n) is 14.2. The van der Waals surface area contributed by atoms with Crippen molar-refractivity contribution in [2.75, 3.05) is 0 Å². The Kier molecular flexibility index (Phi) is 5.83. The highest BCUT2D eigenvalue weighted by Gasteiger charge is 2.54. The fourth-order valence-electron chi connectivity index (χ4n) is 3.56. The third-order valence-electron chi connectivity index (χ3n) is 4.61. The van der Waals surface area contributed by atoms with Crippen molar-refractivity contribution in [1.82, 2.24) is 0 Å². The van der Waals surface area contributed by atoms with Gasteiger partial charge in [0.15, 0.2) is 5.66 Å². The Morgan fingerprint density at radius 2 is 1.08 bits per heavy atom. The minimum Gasteiger partial charge on any atom is -0.282 e. The summed E-state index contributed by atoms with van der Waals surface area (Å²) in [5, 5.41) is 3.73. The quantitative estimate of drug-likeness (QED) is 0.425. The van der Waals surface area contributed by atoms with Gasteiger partial charge in [-0.2, -0.15) is 0 Å². The Balaban J connectivity index is 2.42. The molecule has 0 heterocycles. The molecule has 1 unspecified atom stereocenters. The lowest BCUT2D eigenvalue weighted by molar-refractivity contribution is -0.110. The van der Waals surface area contributed by atoms with Crippen LogP contribution in [0.3, 0.4) is 0 Å². The van der Waals surface area contributed by atoms with E-state index in [0.717, 1.165) is 6.42 Å². The van der Waals surface area contributed by atoms with Crippen molar-refractivity contribution < 1.29 is 4.79 Å². The predicted octanol–water partition coefficient (Wildman–Crippen LogP) is 4.68. The molecule has 3 heteroatoms. The second kappa shape index (κ2) is 8.08. The largest absolute Gasteiger partial charge is 0.282 e. The first kappa shape index (κ1) is 18.0. The monoisotopic (exact) mass is 411 g/mol. The molecule has 0 aliphatic heterocycles. The van der Waals surface area contributed by atoms with Crippen LogP contribution >= 0.6 is 23.2 Å². The van der Waals surface area contributed by atoms with Gasteiger partial charge in [0.1, 0.15) is 23.2 Å². The van der Waals surface area contributed by atoms with Crippen molar-refractivity contribution >= 4 is 43.8 Å². The molecule has 0 N–H and O–H groups in total. The molecule has 1 nitrogen and oxygen atoms in total. The number of halogens is 1. The third kappa shape index (κ3) is 3.34. The summed E-state index contributed by atoms with van der Waals surface area (Å²) in [6, 6.07) is 31.6. The summed E-state index contributed by atoms with van der Waals surface area (Å²) in [5.74, 6) is 0. The van der Waals surface area contributed by atoms with Crippen LogP contribution in [-0.2, 0) is 4.79 Å². The molecular formula is C22H21BrOP+. The summed E-state index contributed by atoms with van der Waals surface area (Å²) in [7, 11) is -2.12. The second-order valence-electron chi connectivity index (χ2n) is 5.96. The molecule has 0 saturated carbocycles. The first-order chi connectivity index (χ1) is 12.2. The third-order valence-corrected chi connectivity index (χ3v) is 10.4. The maximum absolute atomic E-state index is 12.7. The highest BCUT2D eigenvalue weighted by molar-refractivity contribution is 9.18. The summed E-state index contributed by atoms with van der Waals surface area (Å²) >= 11 is 3.32. The maximum Gasteiger partial charge on any atom is 0.238 e. The highest BCUT2D eigenvalue weighted by Crippen LogP contribution is 2.61. The van der Waals surface area contributed by atoms with E-state index in [9.17, 15) is 4.79 Å². The second-order valence-corrected chi connectivity index (χ2v) is 10.4. The van der Waals surface area contributed by atoms with Crippen LogP contribution in [0.25, 0.3) is 0 Å². The van der Waals surface area contributed by atoms with E-state index in [2.05, 4.69) is 95.7 Å². The van der Waals surface area contributed by atoms with Gasteiger partial charge in [-0.25, -0.2) is 0 Å². The fourth-order valence-corrected chi connectivity index (χ4v) is 9.56. The van der Waals surface area contributed by atoms with Gasteiger partial charge in [0.2, 0.25) is 4.69 Å². The zero-order chi connectivity index (χ0) is 17.7. The van der Waals surface area contributed by atoms with Crippen LogP contribution in [0.4, 0.5) is 0 Å². The van der Waals surface area contributed by atoms with Gasteiger partial charge in [-0.15, -0.1) is 0 Å². The Morgan fingerprint density at radius 1 is 0.760 bits per heavy atom. The molecule has 0 amide bonds. The number of hydrogen-bond acceptors (Lipinski definition) is 1. The van der Waals surface area contributed by atoms with Crippen LogP contribution in [0.1, 0.15) is 13.3 Å². The Morgan fingerprint density at radius 3 is 1.32 bits per heavy atom. The first-order valence-electron chi connectivity index (χ1n) is 8.46. The molecule has 3 rings (SSSR count). The van der Waals surface area contributed by atoms with Gasteiger partial charge in [-0.3, -0.25) is 4.79 Å². The van der Waals surface area contributed by atoms with Crippen molar-refractivity contribution in [3.05, 3.63) is 91.0 Å². The first-order valence-corrected chi connectivity index (χ1v) is 11.1. The molecule has 0 aromatic heterocycles. The van der Waals surface area contributed by atoms with Gasteiger partial charge in [-0.05, 0) is 58.7 Å². The van der Waals surface area contributed by atoms with Crippen LogP contribution < -0.4 is 15.9 Å². The van der Waals surface area contributed by atoms with Crippen LogP contribution in [-0.4, -0.2) is 10.4 Å². The molecule has 3 aromatic carbocycles. The van der Waals surface area contributed by atoms with E-state index in [1.807, 2.05) is 18.2 Å². The zero-order valence-corrected chi connectivity index (χ0v) is 16.7. The number of benzene rings is 3. The summed E-state index contributed by atoms with van der Waals surface area (Å²) in [6.45, 7) is 2.10. The molecule has 3 aromatic rings. The highest BCUT2D eigenvalue weighted by atomic mass is 79.9. The summed E-state index contributed by atoms with van der Waals surface area (Å²) in [5.41, 5.74) is -0.0975. The Bertz CT molecular complexity index is 722. The van der Waals surface area contributed by atoms with Gasteiger partial charge in [0, 0.05) is 0 Å². The molecular weight excluding hydrogens is 391 g/mol. The van der Waals surface area contributed by atoms with E-state index < -0.39 is 7.26 Å². The number of carbonyl (C=O) groups is 1. The van der Waals surface area contributed by atoms with E-state index in [1.165, 1.54) is 15.9 Å². The smallest absolute Gasteiger partial charge is 0.238 e. The summed E-state index contributed by atoms with van der Waals surface area (Å²) in [6.07, 6.45) is 0.788.